The van der Waals surface area contributed by atoms with Gasteiger partial charge in [0.25, 0.3) is 5.91 Å². The van der Waals surface area contributed by atoms with Gasteiger partial charge in [0, 0.05) is 13.1 Å². The van der Waals surface area contributed by atoms with Crippen molar-refractivity contribution < 1.29 is 28.6 Å². The minimum Gasteiger partial charge on any atom is -0.485 e. The molecule has 0 aliphatic carbocycles. The summed E-state index contributed by atoms with van der Waals surface area (Å²) in [5, 5.41) is 2.49. The van der Waals surface area contributed by atoms with Crippen LogP contribution < -0.4 is 14.8 Å². The number of para-hydroxylation sites is 2. The van der Waals surface area contributed by atoms with E-state index in [0.717, 1.165) is 4.90 Å². The van der Waals surface area contributed by atoms with Gasteiger partial charge in [0.15, 0.2) is 18.1 Å². The van der Waals surface area contributed by atoms with Crippen molar-refractivity contribution in [2.24, 2.45) is 0 Å². The molecule has 2 aliphatic rings. The van der Waals surface area contributed by atoms with Gasteiger partial charge in [-0.1, -0.05) is 12.1 Å². The zero-order valence-corrected chi connectivity index (χ0v) is 11.6. The van der Waals surface area contributed by atoms with Crippen LogP contribution in [-0.4, -0.2) is 55.2 Å². The maximum atomic E-state index is 11.9. The van der Waals surface area contributed by atoms with Crippen molar-refractivity contribution in [3.63, 3.8) is 0 Å². The van der Waals surface area contributed by atoms with Gasteiger partial charge in [-0.05, 0) is 12.1 Å². The monoisotopic (exact) mass is 306 g/mol. The van der Waals surface area contributed by atoms with Gasteiger partial charge >= 0.3 is 12.0 Å². The highest BCUT2D eigenvalue weighted by Crippen LogP contribution is 2.31. The van der Waals surface area contributed by atoms with Gasteiger partial charge < -0.3 is 19.5 Å². The fraction of sp³-hybridized carbons (Fsp3) is 0.357. The van der Waals surface area contributed by atoms with E-state index in [1.54, 1.807) is 24.3 Å². The van der Waals surface area contributed by atoms with Gasteiger partial charge in [0.05, 0.1) is 0 Å². The SMILES string of the molecule is O=C(OCC(=O)N1CCNC1=O)[C@@H]1COc2ccccc2O1. The van der Waals surface area contributed by atoms with Crippen LogP contribution in [-0.2, 0) is 14.3 Å². The third-order valence-corrected chi connectivity index (χ3v) is 3.27. The molecule has 1 saturated heterocycles. The molecule has 0 bridgehead atoms. The quantitative estimate of drug-likeness (QED) is 0.785. The van der Waals surface area contributed by atoms with E-state index in [1.165, 1.54) is 0 Å². The minimum absolute atomic E-state index is 0.00817. The molecule has 8 heteroatoms. The molecule has 2 aliphatic heterocycles. The molecule has 0 radical (unpaired) electrons. The second-order valence-electron chi connectivity index (χ2n) is 4.75. The molecule has 0 aromatic heterocycles. The summed E-state index contributed by atoms with van der Waals surface area (Å²) in [7, 11) is 0. The molecule has 8 nitrogen and oxygen atoms in total. The number of esters is 1. The fourth-order valence-electron chi connectivity index (χ4n) is 2.15. The Morgan fingerprint density at radius 3 is 2.82 bits per heavy atom. The fourth-order valence-corrected chi connectivity index (χ4v) is 2.15. The van der Waals surface area contributed by atoms with Crippen LogP contribution in [0.2, 0.25) is 0 Å². The maximum Gasteiger partial charge on any atom is 0.351 e. The smallest absolute Gasteiger partial charge is 0.351 e. The van der Waals surface area contributed by atoms with E-state index in [0.29, 0.717) is 18.0 Å². The molecule has 1 aromatic rings. The normalized spacial score (nSPS) is 19.5. The van der Waals surface area contributed by atoms with Crippen LogP contribution in [0.1, 0.15) is 0 Å². The van der Waals surface area contributed by atoms with Crippen LogP contribution in [0.15, 0.2) is 24.3 Å². The van der Waals surface area contributed by atoms with Crippen LogP contribution in [0.5, 0.6) is 11.5 Å². The average Bonchev–Trinajstić information content (AvgIpc) is 2.98. The molecular formula is C14H14N2O6. The Labute approximate surface area is 125 Å². The molecular weight excluding hydrogens is 292 g/mol. The van der Waals surface area contributed by atoms with Crippen LogP contribution in [0, 0.1) is 0 Å². The summed E-state index contributed by atoms with van der Waals surface area (Å²) < 4.78 is 15.8. The Morgan fingerprint density at radius 2 is 2.09 bits per heavy atom. The molecule has 0 spiro atoms. The summed E-state index contributed by atoms with van der Waals surface area (Å²) in [6.07, 6.45) is -0.935. The predicted molar refractivity (Wildman–Crippen MR) is 72.4 cm³/mol. The first-order valence-corrected chi connectivity index (χ1v) is 6.78. The third kappa shape index (κ3) is 2.80. The van der Waals surface area contributed by atoms with Gasteiger partial charge in [-0.2, -0.15) is 0 Å². The van der Waals surface area contributed by atoms with Gasteiger partial charge in [-0.3, -0.25) is 9.69 Å². The number of hydrogen-bond donors (Lipinski definition) is 1. The van der Waals surface area contributed by atoms with Gasteiger partial charge in [-0.25, -0.2) is 9.59 Å². The Kier molecular flexibility index (Phi) is 3.82. The van der Waals surface area contributed by atoms with Crippen molar-refractivity contribution >= 4 is 17.9 Å². The van der Waals surface area contributed by atoms with E-state index in [2.05, 4.69) is 5.32 Å². The number of ether oxygens (including phenoxy) is 3. The second-order valence-corrected chi connectivity index (χ2v) is 4.75. The predicted octanol–water partition coefficient (Wildman–Crippen LogP) is -0.0786. The summed E-state index contributed by atoms with van der Waals surface area (Å²) in [6, 6.07) is 6.47. The number of hydrogen-bond acceptors (Lipinski definition) is 6. The maximum absolute atomic E-state index is 11.9. The number of fused-ring (bicyclic) bond motifs is 1. The number of carbonyl (C=O) groups excluding carboxylic acids is 3. The number of amides is 3. The molecule has 3 amide bonds. The lowest BCUT2D eigenvalue weighted by atomic mass is 10.2. The van der Waals surface area contributed by atoms with Crippen molar-refractivity contribution in [1.82, 2.24) is 10.2 Å². The first-order valence-electron chi connectivity index (χ1n) is 6.78. The number of urea groups is 1. The second kappa shape index (κ2) is 5.92. The third-order valence-electron chi connectivity index (χ3n) is 3.27. The Hall–Kier alpha value is -2.77. The lowest BCUT2D eigenvalue weighted by molar-refractivity contribution is -0.159. The lowest BCUT2D eigenvalue weighted by Crippen LogP contribution is -2.41. The highest BCUT2D eigenvalue weighted by atomic mass is 16.6. The summed E-state index contributed by atoms with van der Waals surface area (Å²) in [4.78, 5) is 36.0. The first kappa shape index (κ1) is 14.2. The van der Waals surface area contributed by atoms with Gasteiger partial charge in [0.2, 0.25) is 6.10 Å². The van der Waals surface area contributed by atoms with E-state index in [4.69, 9.17) is 14.2 Å². The Bertz CT molecular complexity index is 617. The summed E-state index contributed by atoms with van der Waals surface area (Å²) in [5.74, 6) is -0.278. The highest BCUT2D eigenvalue weighted by molar-refractivity contribution is 5.97. The Morgan fingerprint density at radius 1 is 1.32 bits per heavy atom. The molecule has 116 valence electrons. The van der Waals surface area contributed by atoms with E-state index in [-0.39, 0.29) is 13.2 Å². The van der Waals surface area contributed by atoms with Crippen LogP contribution in [0.3, 0.4) is 0 Å². The van der Waals surface area contributed by atoms with Crippen molar-refractivity contribution in [2.45, 2.75) is 6.10 Å². The molecule has 0 unspecified atom stereocenters. The first-order chi connectivity index (χ1) is 10.6. The Balaban J connectivity index is 1.53. The van der Waals surface area contributed by atoms with Crippen LogP contribution in [0.25, 0.3) is 0 Å². The largest absolute Gasteiger partial charge is 0.485 e. The molecule has 3 rings (SSSR count). The topological polar surface area (TPSA) is 94.2 Å². The van der Waals surface area contributed by atoms with Crippen molar-refractivity contribution in [2.75, 3.05) is 26.3 Å². The van der Waals surface area contributed by atoms with Crippen LogP contribution >= 0.6 is 0 Å². The molecule has 1 N–H and O–H groups in total. The molecule has 1 atom stereocenters. The van der Waals surface area contributed by atoms with E-state index >= 15 is 0 Å². The minimum atomic E-state index is -0.935. The molecule has 1 fully saturated rings. The zero-order chi connectivity index (χ0) is 15.5. The van der Waals surface area contributed by atoms with Crippen molar-refractivity contribution in [3.8, 4) is 11.5 Å². The number of rotatable bonds is 3. The van der Waals surface area contributed by atoms with E-state index in [9.17, 15) is 14.4 Å². The van der Waals surface area contributed by atoms with Crippen molar-refractivity contribution in [3.05, 3.63) is 24.3 Å². The summed E-state index contributed by atoms with van der Waals surface area (Å²) in [6.45, 7) is 0.169. The number of imide groups is 1. The number of nitrogens with zero attached hydrogens (tertiary/aromatic N) is 1. The highest BCUT2D eigenvalue weighted by Gasteiger charge is 2.31. The number of carbonyl (C=O) groups is 3. The van der Waals surface area contributed by atoms with Gasteiger partial charge in [0.1, 0.15) is 6.61 Å². The van der Waals surface area contributed by atoms with Gasteiger partial charge in [-0.15, -0.1) is 0 Å². The summed E-state index contributed by atoms with van der Waals surface area (Å²) >= 11 is 0. The lowest BCUT2D eigenvalue weighted by Gasteiger charge is -2.25. The molecule has 2 heterocycles. The van der Waals surface area contributed by atoms with E-state index < -0.39 is 30.6 Å². The summed E-state index contributed by atoms with van der Waals surface area (Å²) in [5.41, 5.74) is 0. The molecule has 0 saturated carbocycles. The molecule has 22 heavy (non-hydrogen) atoms. The van der Waals surface area contributed by atoms with Crippen molar-refractivity contribution in [1.29, 1.82) is 0 Å². The standard InChI is InChI=1S/C14H14N2O6/c17-12(16-6-5-15-14(16)19)8-21-13(18)11-7-20-9-3-1-2-4-10(9)22-11/h1-4,11H,5-8H2,(H,15,19)/t11-/m0/s1. The van der Waals surface area contributed by atoms with Crippen LogP contribution in [0.4, 0.5) is 4.79 Å². The molecule has 1 aromatic carbocycles. The average molecular weight is 306 g/mol. The van der Waals surface area contributed by atoms with E-state index in [1.807, 2.05) is 0 Å². The number of nitrogens with one attached hydrogen (secondary N) is 1. The number of benzene rings is 1. The zero-order valence-electron chi connectivity index (χ0n) is 11.6.